The number of unbranched alkanes of at least 4 members (excludes halogenated alkanes) is 1. The molecule has 4 aromatic rings. The Balaban J connectivity index is 1.46. The average molecular weight is 775 g/mol. The van der Waals surface area contributed by atoms with Gasteiger partial charge >= 0.3 is 0 Å². The Bertz CT molecular complexity index is 1620. The molecular formula is C48H72P2S2. The van der Waals surface area contributed by atoms with E-state index in [1.807, 2.05) is 0 Å². The first-order valence-corrected chi connectivity index (χ1v) is 23.3. The standard InChI is InChI=1S/C48H72P2S2/c1-43(2,3)31-27-35(45(7,8)9)41(36(28-31)46(10,11)12)49-39-25-23-33(51-39)21-19-20-22-34-24-26-40(52-34)50-42-37(47(13,14)15)29-32(44(4,5)6)30-38(42)48(16,17)18/h23-30,49-50H,19-22H2,1-18H3. The number of thiophene rings is 2. The third-order valence-electron chi connectivity index (χ3n) is 10.2. The molecule has 0 nitrogen and oxygen atoms in total. The molecule has 0 spiro atoms. The van der Waals surface area contributed by atoms with Gasteiger partial charge < -0.3 is 0 Å². The van der Waals surface area contributed by atoms with Crippen LogP contribution in [0.4, 0.5) is 0 Å². The van der Waals surface area contributed by atoms with Crippen molar-refractivity contribution < 1.29 is 0 Å². The van der Waals surface area contributed by atoms with Crippen molar-refractivity contribution in [1.82, 2.24) is 0 Å². The predicted octanol–water partition coefficient (Wildman–Crippen LogP) is 13.4. The molecule has 2 atom stereocenters. The molecule has 2 aromatic heterocycles. The Morgan fingerprint density at radius 3 is 0.885 bits per heavy atom. The van der Waals surface area contributed by atoms with E-state index in [1.54, 1.807) is 20.4 Å². The highest BCUT2D eigenvalue weighted by molar-refractivity contribution is 7.63. The van der Waals surface area contributed by atoms with Crippen LogP contribution >= 0.6 is 39.8 Å². The van der Waals surface area contributed by atoms with Gasteiger partial charge in [0.15, 0.2) is 0 Å². The molecule has 0 bridgehead atoms. The van der Waals surface area contributed by atoms with Gasteiger partial charge in [0.05, 0.1) is 0 Å². The summed E-state index contributed by atoms with van der Waals surface area (Å²) >= 11 is 4.11. The van der Waals surface area contributed by atoms with Crippen molar-refractivity contribution in [1.29, 1.82) is 0 Å². The maximum atomic E-state index is 2.53. The first-order chi connectivity index (χ1) is 23.5. The summed E-state index contributed by atoms with van der Waals surface area (Å²) in [6.07, 6.45) is 4.85. The van der Waals surface area contributed by atoms with E-state index in [0.29, 0.717) is 17.2 Å². The maximum Gasteiger partial charge on any atom is 0.0295 e. The number of hydrogen-bond donors (Lipinski definition) is 0. The average Bonchev–Trinajstić information content (AvgIpc) is 3.61. The quantitative estimate of drug-likeness (QED) is 0.117. The second-order valence-electron chi connectivity index (χ2n) is 21.4. The first-order valence-electron chi connectivity index (χ1n) is 19.7. The lowest BCUT2D eigenvalue weighted by Crippen LogP contribution is -2.31. The zero-order valence-corrected chi connectivity index (χ0v) is 39.9. The van der Waals surface area contributed by atoms with Gasteiger partial charge in [-0.25, -0.2) is 0 Å². The highest BCUT2D eigenvalue weighted by Crippen LogP contribution is 2.39. The molecule has 0 aliphatic rings. The molecule has 0 N–H and O–H groups in total. The number of aryl methyl sites for hydroxylation is 2. The maximum absolute atomic E-state index is 2.53. The van der Waals surface area contributed by atoms with E-state index in [2.05, 4.69) is 196 Å². The van der Waals surface area contributed by atoms with Gasteiger partial charge in [0.2, 0.25) is 0 Å². The zero-order chi connectivity index (χ0) is 39.2. The SMILES string of the molecule is CC(C)(C)c1cc(C(C)(C)C)c(Pc2ccc(CCCCc3ccc(Pc4c(C(C)(C)C)cc(C(C)(C)C)cc4C(C)(C)C)s3)s2)c(C(C)(C)C)c1. The monoisotopic (exact) mass is 774 g/mol. The van der Waals surface area contributed by atoms with Gasteiger partial charge in [0.25, 0.3) is 0 Å². The molecule has 286 valence electrons. The van der Waals surface area contributed by atoms with Crippen molar-refractivity contribution in [2.75, 3.05) is 0 Å². The fraction of sp³-hybridized carbons (Fsp3) is 0.583. The van der Waals surface area contributed by atoms with E-state index >= 15 is 0 Å². The Morgan fingerprint density at radius 1 is 0.385 bits per heavy atom. The lowest BCUT2D eigenvalue weighted by atomic mass is 9.75. The van der Waals surface area contributed by atoms with Crippen LogP contribution in [0, 0.1) is 0 Å². The summed E-state index contributed by atoms with van der Waals surface area (Å²) in [5.41, 5.74) is 9.71. The van der Waals surface area contributed by atoms with Gasteiger partial charge in [-0.2, -0.15) is 0 Å². The largest absolute Gasteiger partial charge is 0.140 e. The van der Waals surface area contributed by atoms with E-state index in [1.165, 1.54) is 68.3 Å². The Kier molecular flexibility index (Phi) is 13.1. The minimum atomic E-state index is 0.104. The van der Waals surface area contributed by atoms with E-state index < -0.39 is 0 Å². The molecule has 52 heavy (non-hydrogen) atoms. The van der Waals surface area contributed by atoms with Gasteiger partial charge in [0.1, 0.15) is 0 Å². The Morgan fingerprint density at radius 2 is 0.654 bits per heavy atom. The third-order valence-corrected chi connectivity index (χ3v) is 15.7. The lowest BCUT2D eigenvalue weighted by Gasteiger charge is -2.33. The van der Waals surface area contributed by atoms with Gasteiger partial charge in [-0.1, -0.05) is 149 Å². The van der Waals surface area contributed by atoms with Crippen LogP contribution in [-0.2, 0) is 45.3 Å². The van der Waals surface area contributed by atoms with Crippen LogP contribution in [0.3, 0.4) is 0 Å². The summed E-state index contributed by atoms with van der Waals surface area (Å²) in [5.74, 6) is 0. The molecular weight excluding hydrogens is 703 g/mol. The number of benzene rings is 2. The van der Waals surface area contributed by atoms with Crippen molar-refractivity contribution in [3.05, 3.63) is 91.7 Å². The van der Waals surface area contributed by atoms with Crippen LogP contribution in [0.1, 0.15) is 181 Å². The molecule has 0 saturated heterocycles. The lowest BCUT2D eigenvalue weighted by molar-refractivity contribution is 0.553. The normalized spacial score (nSPS) is 14.1. The van der Waals surface area contributed by atoms with Crippen LogP contribution in [0.2, 0.25) is 0 Å². The van der Waals surface area contributed by atoms with Crippen molar-refractivity contribution in [2.45, 2.75) is 183 Å². The predicted molar refractivity (Wildman–Crippen MR) is 246 cm³/mol. The van der Waals surface area contributed by atoms with Crippen molar-refractivity contribution >= 4 is 59.7 Å². The molecule has 0 radical (unpaired) electrons. The molecule has 2 aromatic carbocycles. The molecule has 0 fully saturated rings. The van der Waals surface area contributed by atoms with Crippen LogP contribution in [0.5, 0.6) is 0 Å². The van der Waals surface area contributed by atoms with Crippen molar-refractivity contribution in [3.8, 4) is 0 Å². The molecule has 4 heteroatoms. The topological polar surface area (TPSA) is 0 Å². The van der Waals surface area contributed by atoms with E-state index in [4.69, 9.17) is 0 Å². The third kappa shape index (κ3) is 11.1. The number of hydrogen-bond acceptors (Lipinski definition) is 2. The van der Waals surface area contributed by atoms with Crippen LogP contribution in [0.15, 0.2) is 48.5 Å². The summed E-state index contributed by atoms with van der Waals surface area (Å²) in [7, 11) is 1.41. The molecule has 0 amide bonds. The summed E-state index contributed by atoms with van der Waals surface area (Å²) in [4.78, 5) is 3.08. The number of rotatable bonds is 9. The summed E-state index contributed by atoms with van der Waals surface area (Å²) < 4.78 is 3.05. The Hall–Kier alpha value is -1.30. The molecule has 2 heterocycles. The van der Waals surface area contributed by atoms with E-state index in [0.717, 1.165) is 0 Å². The molecule has 0 aliphatic heterocycles. The van der Waals surface area contributed by atoms with Crippen LogP contribution in [0.25, 0.3) is 0 Å². The van der Waals surface area contributed by atoms with Crippen LogP contribution < -0.4 is 19.8 Å². The smallest absolute Gasteiger partial charge is 0.0295 e. The van der Waals surface area contributed by atoms with Gasteiger partial charge in [0, 0.05) is 19.0 Å². The van der Waals surface area contributed by atoms with E-state index in [9.17, 15) is 0 Å². The second-order valence-corrected chi connectivity index (χ2v) is 27.0. The molecule has 0 aliphatic carbocycles. The summed E-state index contributed by atoms with van der Waals surface area (Å²) in [5, 5.41) is 3.15. The van der Waals surface area contributed by atoms with Gasteiger partial charge in [-0.3, -0.25) is 0 Å². The molecule has 0 saturated carbocycles. The molecule has 2 unspecified atom stereocenters. The van der Waals surface area contributed by atoms with E-state index in [-0.39, 0.29) is 32.5 Å². The minimum absolute atomic E-state index is 0.104. The molecule has 4 rings (SSSR count). The van der Waals surface area contributed by atoms with Gasteiger partial charge in [-0.05, 0) is 144 Å². The van der Waals surface area contributed by atoms with Crippen LogP contribution in [-0.4, -0.2) is 0 Å². The highest BCUT2D eigenvalue weighted by Gasteiger charge is 2.31. The Labute approximate surface area is 332 Å². The summed E-state index contributed by atoms with van der Waals surface area (Å²) in [6, 6.07) is 19.8. The second kappa shape index (κ2) is 15.7. The highest BCUT2D eigenvalue weighted by atomic mass is 32.1. The minimum Gasteiger partial charge on any atom is -0.140 e. The van der Waals surface area contributed by atoms with Crippen molar-refractivity contribution in [2.24, 2.45) is 0 Å². The fourth-order valence-corrected chi connectivity index (χ4v) is 13.4. The van der Waals surface area contributed by atoms with Crippen molar-refractivity contribution in [3.63, 3.8) is 0 Å². The van der Waals surface area contributed by atoms with Gasteiger partial charge in [-0.15, -0.1) is 22.7 Å². The summed E-state index contributed by atoms with van der Waals surface area (Å²) in [6.45, 7) is 42.8. The first kappa shape index (κ1) is 43.4. The fourth-order valence-electron chi connectivity index (χ4n) is 6.79. The zero-order valence-electron chi connectivity index (χ0n) is 36.3.